The second-order valence-electron chi connectivity index (χ2n) is 3.79. The van der Waals surface area contributed by atoms with Crippen LogP contribution in [0.2, 0.25) is 0 Å². The summed E-state index contributed by atoms with van der Waals surface area (Å²) in [5.74, 6) is 0.0166. The molecular weight excluding hydrogens is 230 g/mol. The number of thioether (sulfide) groups is 1. The number of rotatable bonds is 5. The molecule has 0 aromatic heterocycles. The molecule has 0 aliphatic heterocycles. The van der Waals surface area contributed by atoms with Crippen molar-refractivity contribution in [3.8, 4) is 0 Å². The summed E-state index contributed by atoms with van der Waals surface area (Å²) in [6, 6.07) is 5.98. The SMILES string of the molecule is C/C=C/CCNC(=O)c1cc(SC)ccc1C. The van der Waals surface area contributed by atoms with E-state index in [1.165, 1.54) is 0 Å². The highest BCUT2D eigenvalue weighted by Gasteiger charge is 2.08. The van der Waals surface area contributed by atoms with Gasteiger partial charge in [0.05, 0.1) is 0 Å². The van der Waals surface area contributed by atoms with E-state index in [-0.39, 0.29) is 5.91 Å². The van der Waals surface area contributed by atoms with Gasteiger partial charge in [0, 0.05) is 17.0 Å². The van der Waals surface area contributed by atoms with E-state index in [2.05, 4.69) is 5.32 Å². The predicted octanol–water partition coefficient (Wildman–Crippen LogP) is 3.41. The Hall–Kier alpha value is -1.22. The topological polar surface area (TPSA) is 29.1 Å². The van der Waals surface area contributed by atoms with E-state index in [9.17, 15) is 4.79 Å². The molecule has 0 aliphatic carbocycles. The van der Waals surface area contributed by atoms with Crippen LogP contribution in [0.1, 0.15) is 29.3 Å². The molecular formula is C14H19NOS. The number of carbonyl (C=O) groups is 1. The Morgan fingerprint density at radius 1 is 1.47 bits per heavy atom. The van der Waals surface area contributed by atoms with Gasteiger partial charge in [0.25, 0.3) is 5.91 Å². The molecule has 0 spiro atoms. The third kappa shape index (κ3) is 4.27. The van der Waals surface area contributed by atoms with E-state index in [0.717, 1.165) is 22.4 Å². The minimum Gasteiger partial charge on any atom is -0.352 e. The van der Waals surface area contributed by atoms with Crippen molar-refractivity contribution in [2.24, 2.45) is 0 Å². The average molecular weight is 249 g/mol. The van der Waals surface area contributed by atoms with Gasteiger partial charge in [-0.15, -0.1) is 11.8 Å². The van der Waals surface area contributed by atoms with Gasteiger partial charge in [-0.1, -0.05) is 18.2 Å². The van der Waals surface area contributed by atoms with Gasteiger partial charge >= 0.3 is 0 Å². The van der Waals surface area contributed by atoms with Crippen LogP contribution >= 0.6 is 11.8 Å². The molecule has 3 heteroatoms. The predicted molar refractivity (Wildman–Crippen MR) is 74.7 cm³/mol. The number of hydrogen-bond donors (Lipinski definition) is 1. The maximum Gasteiger partial charge on any atom is 0.251 e. The van der Waals surface area contributed by atoms with E-state index >= 15 is 0 Å². The molecule has 0 saturated carbocycles. The fraction of sp³-hybridized carbons (Fsp3) is 0.357. The molecule has 0 bridgehead atoms. The van der Waals surface area contributed by atoms with Crippen molar-refractivity contribution >= 4 is 17.7 Å². The number of hydrogen-bond acceptors (Lipinski definition) is 2. The van der Waals surface area contributed by atoms with Crippen LogP contribution in [0, 0.1) is 6.92 Å². The lowest BCUT2D eigenvalue weighted by Crippen LogP contribution is -2.24. The molecule has 0 aliphatic rings. The molecule has 0 atom stereocenters. The third-order valence-electron chi connectivity index (χ3n) is 2.52. The molecule has 1 amide bonds. The lowest BCUT2D eigenvalue weighted by atomic mass is 10.1. The van der Waals surface area contributed by atoms with Gasteiger partial charge in [-0.2, -0.15) is 0 Å². The van der Waals surface area contributed by atoms with Crippen LogP contribution in [-0.4, -0.2) is 18.7 Å². The molecule has 2 nitrogen and oxygen atoms in total. The number of nitrogens with one attached hydrogen (secondary N) is 1. The van der Waals surface area contributed by atoms with Crippen LogP contribution in [0.15, 0.2) is 35.2 Å². The molecule has 0 saturated heterocycles. The Bertz CT molecular complexity index is 413. The fourth-order valence-electron chi connectivity index (χ4n) is 1.50. The smallest absolute Gasteiger partial charge is 0.251 e. The maximum atomic E-state index is 12.0. The molecule has 0 fully saturated rings. The summed E-state index contributed by atoms with van der Waals surface area (Å²) in [4.78, 5) is 13.1. The zero-order valence-electron chi connectivity index (χ0n) is 10.6. The summed E-state index contributed by atoms with van der Waals surface area (Å²) >= 11 is 1.65. The van der Waals surface area contributed by atoms with Gasteiger partial charge in [0.15, 0.2) is 0 Å². The first-order valence-corrected chi connectivity index (χ1v) is 6.95. The number of allylic oxidation sites excluding steroid dienone is 1. The van der Waals surface area contributed by atoms with Crippen LogP contribution in [0.4, 0.5) is 0 Å². The lowest BCUT2D eigenvalue weighted by molar-refractivity contribution is 0.0953. The molecule has 1 N–H and O–H groups in total. The van der Waals surface area contributed by atoms with E-state index in [4.69, 9.17) is 0 Å². The lowest BCUT2D eigenvalue weighted by Gasteiger charge is -2.08. The van der Waals surface area contributed by atoms with Gasteiger partial charge in [-0.3, -0.25) is 4.79 Å². The molecule has 1 aromatic rings. The van der Waals surface area contributed by atoms with Crippen LogP contribution in [0.5, 0.6) is 0 Å². The van der Waals surface area contributed by atoms with Gasteiger partial charge in [0.2, 0.25) is 0 Å². The Kier molecular flexibility index (Phi) is 5.84. The van der Waals surface area contributed by atoms with Crippen molar-refractivity contribution in [2.75, 3.05) is 12.8 Å². The maximum absolute atomic E-state index is 12.0. The van der Waals surface area contributed by atoms with Gasteiger partial charge in [-0.25, -0.2) is 0 Å². The summed E-state index contributed by atoms with van der Waals surface area (Å²) in [5.41, 5.74) is 1.80. The number of aryl methyl sites for hydroxylation is 1. The third-order valence-corrected chi connectivity index (χ3v) is 3.25. The van der Waals surface area contributed by atoms with Gasteiger partial charge < -0.3 is 5.32 Å². The molecule has 17 heavy (non-hydrogen) atoms. The minimum atomic E-state index is 0.0166. The summed E-state index contributed by atoms with van der Waals surface area (Å²) < 4.78 is 0. The highest BCUT2D eigenvalue weighted by molar-refractivity contribution is 7.98. The van der Waals surface area contributed by atoms with Crippen molar-refractivity contribution in [3.05, 3.63) is 41.5 Å². The number of amides is 1. The molecule has 0 heterocycles. The second-order valence-corrected chi connectivity index (χ2v) is 4.67. The molecule has 1 rings (SSSR count). The van der Waals surface area contributed by atoms with Crippen LogP contribution in [0.3, 0.4) is 0 Å². The van der Waals surface area contributed by atoms with Gasteiger partial charge in [0.1, 0.15) is 0 Å². The van der Waals surface area contributed by atoms with E-state index < -0.39 is 0 Å². The summed E-state index contributed by atoms with van der Waals surface area (Å²) in [6.07, 6.45) is 6.93. The first-order chi connectivity index (χ1) is 8.19. The van der Waals surface area contributed by atoms with E-state index in [1.54, 1.807) is 11.8 Å². The zero-order chi connectivity index (χ0) is 12.7. The quantitative estimate of drug-likeness (QED) is 0.492. The largest absolute Gasteiger partial charge is 0.352 e. The zero-order valence-corrected chi connectivity index (χ0v) is 11.4. The molecule has 0 radical (unpaired) electrons. The van der Waals surface area contributed by atoms with Crippen molar-refractivity contribution in [2.45, 2.75) is 25.2 Å². The van der Waals surface area contributed by atoms with Crippen molar-refractivity contribution in [1.29, 1.82) is 0 Å². The summed E-state index contributed by atoms with van der Waals surface area (Å²) in [7, 11) is 0. The van der Waals surface area contributed by atoms with Crippen molar-refractivity contribution in [3.63, 3.8) is 0 Å². The molecule has 1 aromatic carbocycles. The normalized spacial score (nSPS) is 10.8. The number of benzene rings is 1. The fourth-order valence-corrected chi connectivity index (χ4v) is 1.94. The summed E-state index contributed by atoms with van der Waals surface area (Å²) in [5, 5.41) is 2.93. The van der Waals surface area contributed by atoms with Crippen LogP contribution in [0.25, 0.3) is 0 Å². The summed E-state index contributed by atoms with van der Waals surface area (Å²) in [6.45, 7) is 4.63. The van der Waals surface area contributed by atoms with E-state index in [0.29, 0.717) is 6.54 Å². The minimum absolute atomic E-state index is 0.0166. The molecule has 0 unspecified atom stereocenters. The average Bonchev–Trinajstić information content (AvgIpc) is 2.35. The second kappa shape index (κ2) is 7.17. The first kappa shape index (κ1) is 13.8. The standard InChI is InChI=1S/C14H19NOS/c1-4-5-6-9-15-14(16)13-10-12(17-3)8-7-11(13)2/h4-5,7-8,10H,6,9H2,1-3H3,(H,15,16)/b5-4+. The molecule has 92 valence electrons. The van der Waals surface area contributed by atoms with Crippen molar-refractivity contribution < 1.29 is 4.79 Å². The Morgan fingerprint density at radius 3 is 2.88 bits per heavy atom. The van der Waals surface area contributed by atoms with Crippen molar-refractivity contribution in [1.82, 2.24) is 5.32 Å². The van der Waals surface area contributed by atoms with Crippen LogP contribution < -0.4 is 5.32 Å². The Balaban J connectivity index is 2.67. The van der Waals surface area contributed by atoms with Gasteiger partial charge in [-0.05, 0) is 44.2 Å². The number of carbonyl (C=O) groups excluding carboxylic acids is 1. The first-order valence-electron chi connectivity index (χ1n) is 5.73. The highest BCUT2D eigenvalue weighted by Crippen LogP contribution is 2.18. The Morgan fingerprint density at radius 2 is 2.24 bits per heavy atom. The van der Waals surface area contributed by atoms with Crippen LogP contribution in [-0.2, 0) is 0 Å². The Labute approximate surface area is 107 Å². The monoisotopic (exact) mass is 249 g/mol. The van der Waals surface area contributed by atoms with E-state index in [1.807, 2.05) is 50.5 Å². The highest BCUT2D eigenvalue weighted by atomic mass is 32.2.